The number of hydrogen-bond acceptors (Lipinski definition) is 5. The highest BCUT2D eigenvalue weighted by Crippen LogP contribution is 2.44. The molecule has 0 fully saturated rings. The van der Waals surface area contributed by atoms with Crippen molar-refractivity contribution in [3.05, 3.63) is 131 Å². The molecule has 0 aliphatic carbocycles. The largest absolute Gasteiger partial charge is 0.507 e. The number of aromatic nitrogens is 5. The van der Waals surface area contributed by atoms with Gasteiger partial charge in [0.15, 0.2) is 5.65 Å². The summed E-state index contributed by atoms with van der Waals surface area (Å²) in [5.41, 5.74) is 14.4. The highest BCUT2D eigenvalue weighted by Gasteiger charge is 2.28. The fourth-order valence-electron chi connectivity index (χ4n) is 7.76. The van der Waals surface area contributed by atoms with E-state index in [-0.39, 0.29) is 33.8 Å². The van der Waals surface area contributed by atoms with Crippen molar-refractivity contribution in [3.63, 3.8) is 0 Å². The van der Waals surface area contributed by atoms with E-state index >= 15 is 0 Å². The Hall–Kier alpha value is -5.62. The van der Waals surface area contributed by atoms with Crippen LogP contribution in [0.4, 0.5) is 0 Å². The average Bonchev–Trinajstić information content (AvgIpc) is 3.56. The van der Waals surface area contributed by atoms with Crippen molar-refractivity contribution in [1.82, 2.24) is 24.5 Å². The highest BCUT2D eigenvalue weighted by atomic mass is 16.3. The van der Waals surface area contributed by atoms with E-state index in [1.165, 1.54) is 22.3 Å². The molecule has 1 N–H and O–H groups in total. The van der Waals surface area contributed by atoms with Crippen LogP contribution in [0.15, 0.2) is 104 Å². The number of hydrogen-bond donors (Lipinski definition) is 1. The van der Waals surface area contributed by atoms with Gasteiger partial charge < -0.3 is 5.11 Å². The van der Waals surface area contributed by atoms with Gasteiger partial charge in [0.2, 0.25) is 0 Å². The fourth-order valence-corrected chi connectivity index (χ4v) is 7.76. The second-order valence-electron chi connectivity index (χ2n) is 19.6. The Morgan fingerprint density at radius 3 is 1.76 bits per heavy atom. The van der Waals surface area contributed by atoms with Gasteiger partial charge in [-0.15, -0.1) is 0 Å². The Balaban J connectivity index is 1.47. The van der Waals surface area contributed by atoms with E-state index in [0.29, 0.717) is 5.65 Å². The van der Waals surface area contributed by atoms with Gasteiger partial charge in [0.25, 0.3) is 0 Å². The molecule has 4 aromatic carbocycles. The van der Waals surface area contributed by atoms with Gasteiger partial charge in [-0.1, -0.05) is 145 Å². The van der Waals surface area contributed by atoms with Crippen LogP contribution in [0.2, 0.25) is 0 Å². The number of phenolic OH excluding ortho intramolecular Hbond substituents is 1. The molecule has 0 saturated heterocycles. The van der Waals surface area contributed by atoms with Crippen LogP contribution in [0.5, 0.6) is 5.75 Å². The van der Waals surface area contributed by atoms with Crippen LogP contribution in [-0.2, 0) is 16.2 Å². The van der Waals surface area contributed by atoms with Crippen LogP contribution in [0, 0.1) is 0 Å². The molecule has 58 heavy (non-hydrogen) atoms. The summed E-state index contributed by atoms with van der Waals surface area (Å²) in [6.45, 7) is 28.8. The second kappa shape index (κ2) is 15.0. The van der Waals surface area contributed by atoms with Crippen molar-refractivity contribution in [1.29, 1.82) is 0 Å². The number of pyridine rings is 1. The lowest BCUT2D eigenvalue weighted by Crippen LogP contribution is -2.17. The first kappa shape index (κ1) is 40.6. The molecule has 0 aliphatic heterocycles. The summed E-state index contributed by atoms with van der Waals surface area (Å²) in [6, 6.07) is 32.5. The van der Waals surface area contributed by atoms with E-state index in [1.807, 2.05) is 6.20 Å². The number of fused-ring (bicyclic) bond motifs is 1. The molecular weight excluding hydrogens is 711 g/mol. The maximum atomic E-state index is 12.0. The highest BCUT2D eigenvalue weighted by molar-refractivity contribution is 5.84. The topological polar surface area (TPSA) is 76.7 Å². The van der Waals surface area contributed by atoms with E-state index in [1.54, 1.807) is 6.33 Å². The minimum Gasteiger partial charge on any atom is -0.507 e. The van der Waals surface area contributed by atoms with Crippen molar-refractivity contribution >= 4 is 11.2 Å². The van der Waals surface area contributed by atoms with Crippen LogP contribution < -0.4 is 0 Å². The van der Waals surface area contributed by atoms with Crippen LogP contribution >= 0.6 is 0 Å². The molecule has 3 heterocycles. The predicted molar refractivity (Wildman–Crippen MR) is 242 cm³/mol. The summed E-state index contributed by atoms with van der Waals surface area (Å²) < 4.78 is 2.28. The van der Waals surface area contributed by atoms with Crippen molar-refractivity contribution in [2.45, 2.75) is 118 Å². The van der Waals surface area contributed by atoms with Gasteiger partial charge in [-0.2, -0.15) is 0 Å². The fraction of sp³-hybridized carbons (Fsp3) is 0.346. The van der Waals surface area contributed by atoms with E-state index in [2.05, 4.69) is 196 Å². The van der Waals surface area contributed by atoms with E-state index in [4.69, 9.17) is 9.97 Å². The summed E-state index contributed by atoms with van der Waals surface area (Å²) in [5.74, 6) is 1.54. The van der Waals surface area contributed by atoms with Gasteiger partial charge in [-0.25, -0.2) is 19.9 Å². The molecule has 0 spiro atoms. The van der Waals surface area contributed by atoms with Crippen molar-refractivity contribution in [3.8, 4) is 56.5 Å². The van der Waals surface area contributed by atoms with E-state index in [0.717, 1.165) is 61.8 Å². The first-order valence-corrected chi connectivity index (χ1v) is 20.7. The smallest absolute Gasteiger partial charge is 0.181 e. The molecular formula is C52H59N5O. The quantitative estimate of drug-likeness (QED) is 0.175. The van der Waals surface area contributed by atoms with Gasteiger partial charge in [-0.3, -0.25) is 4.57 Å². The van der Waals surface area contributed by atoms with Gasteiger partial charge in [-0.05, 0) is 97.9 Å². The zero-order valence-electron chi connectivity index (χ0n) is 36.7. The molecule has 7 aromatic rings. The van der Waals surface area contributed by atoms with Crippen LogP contribution in [-0.4, -0.2) is 29.6 Å². The van der Waals surface area contributed by atoms with Crippen molar-refractivity contribution in [2.24, 2.45) is 0 Å². The first-order valence-electron chi connectivity index (χ1n) is 20.7. The summed E-state index contributed by atoms with van der Waals surface area (Å²) in [5, 5.41) is 12.0. The molecule has 0 atom stereocenters. The van der Waals surface area contributed by atoms with Crippen molar-refractivity contribution < 1.29 is 5.11 Å². The molecule has 6 heteroatoms. The van der Waals surface area contributed by atoms with Crippen molar-refractivity contribution in [2.75, 3.05) is 0 Å². The Morgan fingerprint density at radius 1 is 0.569 bits per heavy atom. The lowest BCUT2D eigenvalue weighted by Gasteiger charge is -2.28. The molecule has 0 bridgehead atoms. The van der Waals surface area contributed by atoms with E-state index in [9.17, 15) is 5.11 Å². The van der Waals surface area contributed by atoms with Gasteiger partial charge in [0.1, 0.15) is 23.4 Å². The molecule has 3 aromatic heterocycles. The van der Waals surface area contributed by atoms with Gasteiger partial charge in [0.05, 0.1) is 23.3 Å². The SMILES string of the molecule is CC(C)c1cc(-c2ccccc2)cc(C(C)C)c1-n1c(-c2cccc(-c3cc(C(C)(C)C)cc(-c4cc(C(C)(C)C)cc(C(C)(C)C)c4O)n3)c2)nc2ncncc21. The summed E-state index contributed by atoms with van der Waals surface area (Å²) in [7, 11) is 0. The van der Waals surface area contributed by atoms with Gasteiger partial charge >= 0.3 is 0 Å². The summed E-state index contributed by atoms with van der Waals surface area (Å²) >= 11 is 0. The molecule has 7 rings (SSSR count). The van der Waals surface area contributed by atoms with Gasteiger partial charge in [0, 0.05) is 22.3 Å². The summed E-state index contributed by atoms with van der Waals surface area (Å²) in [4.78, 5) is 19.8. The normalized spacial score (nSPS) is 12.6. The van der Waals surface area contributed by atoms with Crippen LogP contribution in [0.3, 0.4) is 0 Å². The second-order valence-corrected chi connectivity index (χ2v) is 19.6. The maximum Gasteiger partial charge on any atom is 0.181 e. The number of phenols is 1. The minimum atomic E-state index is -0.262. The minimum absolute atomic E-state index is 0.121. The zero-order valence-corrected chi connectivity index (χ0v) is 36.7. The Bertz CT molecular complexity index is 2600. The Morgan fingerprint density at radius 2 is 1.16 bits per heavy atom. The predicted octanol–water partition coefficient (Wildman–Crippen LogP) is 13.7. The van der Waals surface area contributed by atoms with Crippen LogP contribution in [0.1, 0.15) is 130 Å². The average molecular weight is 770 g/mol. The molecule has 6 nitrogen and oxygen atoms in total. The number of aromatic hydroxyl groups is 1. The molecule has 0 aliphatic rings. The third-order valence-corrected chi connectivity index (χ3v) is 11.2. The Labute approximate surface area is 345 Å². The molecule has 298 valence electrons. The monoisotopic (exact) mass is 769 g/mol. The number of imidazole rings is 1. The lowest BCUT2D eigenvalue weighted by molar-refractivity contribution is 0.446. The lowest BCUT2D eigenvalue weighted by atomic mass is 9.78. The number of benzene rings is 4. The molecule has 0 radical (unpaired) electrons. The van der Waals surface area contributed by atoms with Crippen LogP contribution in [0.25, 0.3) is 61.9 Å². The molecule has 0 unspecified atom stereocenters. The third-order valence-electron chi connectivity index (χ3n) is 11.2. The zero-order chi connectivity index (χ0) is 41.9. The number of rotatable bonds is 7. The molecule has 0 saturated carbocycles. The molecule has 0 amide bonds. The first-order chi connectivity index (χ1) is 27.2. The standard InChI is InChI=1S/C52H59N5O/c1-31(2)39-23-36(33-18-15-14-16-19-33)24-40(32(3)4)46(39)57-45-29-53-30-54-48(45)56-49(57)35-21-17-20-34(22-35)43-27-38(51(8,9)10)28-44(55-43)41-25-37(50(5,6)7)26-42(47(41)58)52(11,12)13/h14-32,58H,1-13H3. The number of nitrogens with zero attached hydrogens (tertiary/aromatic N) is 5. The third kappa shape index (κ3) is 7.81. The van der Waals surface area contributed by atoms with E-state index < -0.39 is 0 Å². The summed E-state index contributed by atoms with van der Waals surface area (Å²) in [6.07, 6.45) is 3.45. The Kier molecular flexibility index (Phi) is 10.5. The maximum absolute atomic E-state index is 12.0.